The minimum atomic E-state index is 0.00810. The first-order chi connectivity index (χ1) is 14.5. The summed E-state index contributed by atoms with van der Waals surface area (Å²) in [6.07, 6.45) is 2.34. The van der Waals surface area contributed by atoms with E-state index in [1.54, 1.807) is 26.1 Å². The molecule has 2 aromatic carbocycles. The lowest BCUT2D eigenvalue weighted by atomic mass is 10.2. The summed E-state index contributed by atoms with van der Waals surface area (Å²) in [7, 11) is 5.16. The second kappa shape index (κ2) is 10.4. The number of guanidine groups is 1. The first-order valence-corrected chi connectivity index (χ1v) is 10.9. The van der Waals surface area contributed by atoms with Crippen LogP contribution in [-0.2, 0) is 11.3 Å². The molecule has 1 aliphatic carbocycles. The lowest BCUT2D eigenvalue weighted by Crippen LogP contribution is -2.45. The van der Waals surface area contributed by atoms with E-state index >= 15 is 0 Å². The Morgan fingerprint density at radius 3 is 2.40 bits per heavy atom. The number of rotatable bonds is 9. The molecule has 2 N–H and O–H groups in total. The highest BCUT2D eigenvalue weighted by Crippen LogP contribution is 2.51. The summed E-state index contributed by atoms with van der Waals surface area (Å²) in [5.41, 5.74) is 1.08. The maximum absolute atomic E-state index is 12.0. The van der Waals surface area contributed by atoms with Gasteiger partial charge in [-0.3, -0.25) is 4.79 Å². The predicted octanol–water partition coefficient (Wildman–Crippen LogP) is 3.14. The summed E-state index contributed by atoms with van der Waals surface area (Å²) in [6.45, 7) is 1.53. The van der Waals surface area contributed by atoms with Crippen molar-refractivity contribution in [3.05, 3.63) is 60.2 Å². The number of hydrogen-bond acceptors (Lipinski definition) is 4. The van der Waals surface area contributed by atoms with Gasteiger partial charge in [-0.25, -0.2) is 4.99 Å². The van der Waals surface area contributed by atoms with E-state index in [0.29, 0.717) is 12.5 Å². The Kier molecular flexibility index (Phi) is 7.63. The molecule has 6 nitrogen and oxygen atoms in total. The molecular formula is C23H30N4O2S. The Hall–Kier alpha value is -2.67. The van der Waals surface area contributed by atoms with Crippen molar-refractivity contribution < 1.29 is 9.53 Å². The molecule has 2 aromatic rings. The lowest BCUT2D eigenvalue weighted by molar-refractivity contribution is -0.127. The zero-order chi connectivity index (χ0) is 21.4. The Labute approximate surface area is 183 Å². The number of nitrogens with zero attached hydrogens (tertiary/aromatic N) is 2. The van der Waals surface area contributed by atoms with Crippen LogP contribution in [-0.4, -0.2) is 55.8 Å². The largest absolute Gasteiger partial charge is 0.497 e. The minimum absolute atomic E-state index is 0.00810. The second-order valence-corrected chi connectivity index (χ2v) is 9.15. The van der Waals surface area contributed by atoms with Gasteiger partial charge in [0.25, 0.3) is 0 Å². The van der Waals surface area contributed by atoms with Crippen LogP contribution in [0.15, 0.2) is 64.5 Å². The van der Waals surface area contributed by atoms with Gasteiger partial charge in [0.2, 0.25) is 5.91 Å². The second-order valence-electron chi connectivity index (χ2n) is 7.61. The van der Waals surface area contributed by atoms with E-state index in [0.717, 1.165) is 17.9 Å². The fourth-order valence-corrected chi connectivity index (χ4v) is 4.07. The Morgan fingerprint density at radius 1 is 1.10 bits per heavy atom. The van der Waals surface area contributed by atoms with Crippen molar-refractivity contribution in [3.63, 3.8) is 0 Å². The van der Waals surface area contributed by atoms with Crippen LogP contribution in [0, 0.1) is 0 Å². The van der Waals surface area contributed by atoms with Gasteiger partial charge < -0.3 is 20.3 Å². The summed E-state index contributed by atoms with van der Waals surface area (Å²) in [5, 5.41) is 6.62. The molecule has 1 aliphatic rings. The van der Waals surface area contributed by atoms with Crippen molar-refractivity contribution >= 4 is 23.6 Å². The van der Waals surface area contributed by atoms with Crippen LogP contribution in [0.25, 0.3) is 0 Å². The number of benzene rings is 2. The zero-order valence-corrected chi connectivity index (χ0v) is 18.7. The maximum atomic E-state index is 12.0. The number of methoxy groups -OCH3 is 1. The summed E-state index contributed by atoms with van der Waals surface area (Å²) in [6, 6.07) is 18.3. The van der Waals surface area contributed by atoms with Crippen molar-refractivity contribution in [2.24, 2.45) is 4.99 Å². The third kappa shape index (κ3) is 6.69. The smallest absolute Gasteiger partial charge is 0.241 e. The quantitative estimate of drug-likeness (QED) is 0.476. The Balaban J connectivity index is 1.62. The van der Waals surface area contributed by atoms with Gasteiger partial charge in [0.1, 0.15) is 5.75 Å². The molecule has 0 spiro atoms. The van der Waals surface area contributed by atoms with Crippen molar-refractivity contribution in [1.82, 2.24) is 15.5 Å². The van der Waals surface area contributed by atoms with E-state index in [1.165, 1.54) is 17.7 Å². The number of carbonyl (C=O) groups excluding carboxylic acids is 1. The molecule has 7 heteroatoms. The van der Waals surface area contributed by atoms with Gasteiger partial charge in [-0.1, -0.05) is 30.3 Å². The van der Waals surface area contributed by atoms with Crippen molar-refractivity contribution in [3.8, 4) is 5.75 Å². The van der Waals surface area contributed by atoms with Gasteiger partial charge in [-0.2, -0.15) is 0 Å². The number of carbonyl (C=O) groups is 1. The number of likely N-dealkylation sites (N-methyl/N-ethyl adjacent to an activating group) is 1. The number of thioether (sulfide) groups is 1. The summed E-state index contributed by atoms with van der Waals surface area (Å²) in [5.74, 6) is 1.49. The molecule has 0 atom stereocenters. The topological polar surface area (TPSA) is 66.0 Å². The van der Waals surface area contributed by atoms with Crippen LogP contribution in [0.3, 0.4) is 0 Å². The number of amides is 1. The van der Waals surface area contributed by atoms with E-state index in [1.807, 2.05) is 42.1 Å². The van der Waals surface area contributed by atoms with Gasteiger partial charge in [-0.15, -0.1) is 11.8 Å². The predicted molar refractivity (Wildman–Crippen MR) is 123 cm³/mol. The molecule has 30 heavy (non-hydrogen) atoms. The summed E-state index contributed by atoms with van der Waals surface area (Å²) in [4.78, 5) is 19.6. The molecule has 0 unspecified atom stereocenters. The van der Waals surface area contributed by atoms with Crippen LogP contribution in [0.2, 0.25) is 0 Å². The Bertz CT molecular complexity index is 849. The average molecular weight is 427 g/mol. The standard InChI is InChI=1S/C23H30N4O2S/c1-27(2)21(28)16-25-22(24-15-18-9-11-19(29-3)12-10-18)26-17-23(13-14-23)30-20-7-5-4-6-8-20/h4-12H,13-17H2,1-3H3,(H2,24,25,26). The molecule has 1 amide bonds. The van der Waals surface area contributed by atoms with Gasteiger partial charge in [-0.05, 0) is 42.7 Å². The Morgan fingerprint density at radius 2 is 1.80 bits per heavy atom. The summed E-state index contributed by atoms with van der Waals surface area (Å²) < 4.78 is 5.40. The molecule has 1 saturated carbocycles. The molecule has 1 fully saturated rings. The van der Waals surface area contributed by atoms with E-state index in [-0.39, 0.29) is 17.2 Å². The van der Waals surface area contributed by atoms with Crippen LogP contribution >= 0.6 is 11.8 Å². The maximum Gasteiger partial charge on any atom is 0.241 e. The molecule has 3 rings (SSSR count). The normalized spacial score (nSPS) is 14.7. The van der Waals surface area contributed by atoms with E-state index in [9.17, 15) is 4.79 Å². The third-order valence-electron chi connectivity index (χ3n) is 4.95. The fourth-order valence-electron chi connectivity index (χ4n) is 2.83. The molecule has 0 aromatic heterocycles. The van der Waals surface area contributed by atoms with E-state index < -0.39 is 0 Å². The van der Waals surface area contributed by atoms with Crippen LogP contribution in [0.1, 0.15) is 18.4 Å². The third-order valence-corrected chi connectivity index (χ3v) is 6.44. The summed E-state index contributed by atoms with van der Waals surface area (Å²) >= 11 is 1.91. The number of nitrogens with one attached hydrogen (secondary N) is 2. The van der Waals surface area contributed by atoms with Crippen LogP contribution < -0.4 is 15.4 Å². The molecule has 0 radical (unpaired) electrons. The molecular weight excluding hydrogens is 396 g/mol. The van der Waals surface area contributed by atoms with Crippen molar-refractivity contribution in [1.29, 1.82) is 0 Å². The van der Waals surface area contributed by atoms with Gasteiger partial charge >= 0.3 is 0 Å². The zero-order valence-electron chi connectivity index (χ0n) is 17.9. The van der Waals surface area contributed by atoms with Crippen LogP contribution in [0.4, 0.5) is 0 Å². The monoisotopic (exact) mass is 426 g/mol. The van der Waals surface area contributed by atoms with Gasteiger partial charge in [0, 0.05) is 30.3 Å². The van der Waals surface area contributed by atoms with Crippen LogP contribution in [0.5, 0.6) is 5.75 Å². The molecule has 0 saturated heterocycles. The van der Waals surface area contributed by atoms with Gasteiger partial charge in [0.15, 0.2) is 5.96 Å². The minimum Gasteiger partial charge on any atom is -0.497 e. The first-order valence-electron chi connectivity index (χ1n) is 10.1. The number of ether oxygens (including phenoxy) is 1. The number of hydrogen-bond donors (Lipinski definition) is 2. The van der Waals surface area contributed by atoms with E-state index in [2.05, 4.69) is 34.9 Å². The lowest BCUT2D eigenvalue weighted by Gasteiger charge is -2.19. The fraction of sp³-hybridized carbons (Fsp3) is 0.391. The highest BCUT2D eigenvalue weighted by molar-refractivity contribution is 8.01. The highest BCUT2D eigenvalue weighted by atomic mass is 32.2. The molecule has 0 bridgehead atoms. The van der Waals surface area contributed by atoms with E-state index in [4.69, 9.17) is 9.73 Å². The first kappa shape index (κ1) is 22.0. The SMILES string of the molecule is COc1ccc(CN=C(NCC(=O)N(C)C)NCC2(Sc3ccccc3)CC2)cc1. The van der Waals surface area contributed by atoms with Crippen molar-refractivity contribution in [2.45, 2.75) is 29.0 Å². The molecule has 0 aliphatic heterocycles. The molecule has 160 valence electrons. The number of aliphatic imine (C=N–C) groups is 1. The highest BCUT2D eigenvalue weighted by Gasteiger charge is 2.43. The average Bonchev–Trinajstić information content (AvgIpc) is 3.53. The molecule has 0 heterocycles. The van der Waals surface area contributed by atoms with Crippen molar-refractivity contribution in [2.75, 3.05) is 34.3 Å². The van der Waals surface area contributed by atoms with Gasteiger partial charge in [0.05, 0.1) is 20.2 Å².